The van der Waals surface area contributed by atoms with E-state index in [0.717, 1.165) is 30.6 Å². The molecule has 2 N–H and O–H groups in total. The summed E-state index contributed by atoms with van der Waals surface area (Å²) in [5.41, 5.74) is -0.196. The van der Waals surface area contributed by atoms with Crippen LogP contribution in [0.25, 0.3) is 0 Å². The molecule has 0 aromatic heterocycles. The molecule has 1 atom stereocenters. The highest BCUT2D eigenvalue weighted by atomic mass is 16.2. The minimum Gasteiger partial charge on any atom is -0.352 e. The lowest BCUT2D eigenvalue weighted by Crippen LogP contribution is -2.45. The monoisotopic (exact) mass is 368 g/mol. The van der Waals surface area contributed by atoms with Gasteiger partial charge in [-0.25, -0.2) is 4.79 Å². The van der Waals surface area contributed by atoms with Crippen molar-refractivity contribution in [1.29, 1.82) is 5.26 Å². The highest BCUT2D eigenvalue weighted by molar-refractivity contribution is 6.09. The summed E-state index contributed by atoms with van der Waals surface area (Å²) >= 11 is 0. The molecule has 2 aliphatic rings. The number of imide groups is 1. The number of urea groups is 1. The fraction of sp³-hybridized carbons (Fsp3) is 0.500. The number of nitriles is 1. The van der Waals surface area contributed by atoms with Crippen LogP contribution in [-0.2, 0) is 15.1 Å². The second-order valence-corrected chi connectivity index (χ2v) is 7.39. The number of nitrogens with zero attached hydrogens (tertiary/aromatic N) is 2. The Bertz CT molecular complexity index is 775. The van der Waals surface area contributed by atoms with Gasteiger partial charge in [0.05, 0.1) is 11.6 Å². The Morgan fingerprint density at radius 1 is 1.22 bits per heavy atom. The van der Waals surface area contributed by atoms with Crippen molar-refractivity contribution >= 4 is 17.8 Å². The van der Waals surface area contributed by atoms with Crippen LogP contribution in [0.4, 0.5) is 4.79 Å². The summed E-state index contributed by atoms with van der Waals surface area (Å²) in [5.74, 6) is -0.775. The SMILES string of the molecule is CC1(c2ccc(C#N)cc2)NC(=O)N(CC(=O)NC2CCCCCC2)C1=O. The van der Waals surface area contributed by atoms with Gasteiger partial charge in [0.1, 0.15) is 12.1 Å². The van der Waals surface area contributed by atoms with E-state index in [0.29, 0.717) is 11.1 Å². The highest BCUT2D eigenvalue weighted by Gasteiger charge is 2.49. The second-order valence-electron chi connectivity index (χ2n) is 7.39. The first-order valence-corrected chi connectivity index (χ1v) is 9.38. The molecule has 1 aliphatic heterocycles. The summed E-state index contributed by atoms with van der Waals surface area (Å²) in [4.78, 5) is 38.6. The quantitative estimate of drug-likeness (QED) is 0.628. The van der Waals surface area contributed by atoms with E-state index in [-0.39, 0.29) is 18.5 Å². The van der Waals surface area contributed by atoms with Crippen molar-refractivity contribution in [2.24, 2.45) is 0 Å². The molecule has 27 heavy (non-hydrogen) atoms. The Hall–Kier alpha value is -2.88. The summed E-state index contributed by atoms with van der Waals surface area (Å²) in [5, 5.41) is 14.5. The van der Waals surface area contributed by atoms with Gasteiger partial charge in [-0.1, -0.05) is 37.8 Å². The lowest BCUT2D eigenvalue weighted by molar-refractivity contribution is -0.135. The number of amides is 4. The van der Waals surface area contributed by atoms with Crippen LogP contribution in [0.5, 0.6) is 0 Å². The van der Waals surface area contributed by atoms with Crippen LogP contribution in [0.3, 0.4) is 0 Å². The Labute approximate surface area is 158 Å². The van der Waals surface area contributed by atoms with Crippen molar-refractivity contribution in [3.63, 3.8) is 0 Å². The van der Waals surface area contributed by atoms with Gasteiger partial charge >= 0.3 is 6.03 Å². The standard InChI is InChI=1S/C20H24N4O3/c1-20(15-10-8-14(12-21)9-11-15)18(26)24(19(27)23-20)13-17(25)22-16-6-4-2-3-5-7-16/h8-11,16H,2-7,13H2,1H3,(H,22,25)(H,23,27). The van der Waals surface area contributed by atoms with Crippen LogP contribution in [0.15, 0.2) is 24.3 Å². The van der Waals surface area contributed by atoms with Gasteiger partial charge in [0.25, 0.3) is 5.91 Å². The van der Waals surface area contributed by atoms with Gasteiger partial charge in [-0.15, -0.1) is 0 Å². The lowest BCUT2D eigenvalue weighted by Gasteiger charge is -2.22. The molecule has 4 amide bonds. The number of hydrogen-bond donors (Lipinski definition) is 2. The minimum atomic E-state index is -1.24. The molecule has 0 bridgehead atoms. The average Bonchev–Trinajstić information content (AvgIpc) is 2.85. The Morgan fingerprint density at radius 2 is 1.85 bits per heavy atom. The Kier molecular flexibility index (Phi) is 5.45. The van der Waals surface area contributed by atoms with Gasteiger partial charge in [-0.2, -0.15) is 5.26 Å². The zero-order valence-electron chi connectivity index (χ0n) is 15.5. The van der Waals surface area contributed by atoms with Crippen molar-refractivity contribution in [2.45, 2.75) is 57.0 Å². The molecule has 1 aliphatic carbocycles. The molecule has 7 nitrogen and oxygen atoms in total. The van der Waals surface area contributed by atoms with Gasteiger partial charge in [0, 0.05) is 6.04 Å². The molecule has 142 valence electrons. The predicted molar refractivity (Wildman–Crippen MR) is 98.4 cm³/mol. The Balaban J connectivity index is 1.67. The van der Waals surface area contributed by atoms with Gasteiger partial charge in [0.2, 0.25) is 5.91 Å². The normalized spacial score (nSPS) is 23.5. The lowest BCUT2D eigenvalue weighted by atomic mass is 9.91. The van der Waals surface area contributed by atoms with E-state index in [1.165, 1.54) is 12.8 Å². The molecule has 3 rings (SSSR count). The van der Waals surface area contributed by atoms with Crippen molar-refractivity contribution in [2.75, 3.05) is 6.54 Å². The van der Waals surface area contributed by atoms with E-state index in [1.54, 1.807) is 31.2 Å². The first-order chi connectivity index (χ1) is 12.9. The number of rotatable bonds is 4. The van der Waals surface area contributed by atoms with Crippen molar-refractivity contribution in [1.82, 2.24) is 15.5 Å². The number of hydrogen-bond acceptors (Lipinski definition) is 4. The van der Waals surface area contributed by atoms with E-state index in [9.17, 15) is 14.4 Å². The molecule has 2 fully saturated rings. The predicted octanol–water partition coefficient (Wildman–Crippen LogP) is 2.16. The third kappa shape index (κ3) is 3.95. The maximum atomic E-state index is 12.9. The molecule has 1 heterocycles. The van der Waals surface area contributed by atoms with Crippen molar-refractivity contribution in [3.05, 3.63) is 35.4 Å². The molecule has 1 saturated carbocycles. The second kappa shape index (κ2) is 7.78. The largest absolute Gasteiger partial charge is 0.352 e. The summed E-state index contributed by atoms with van der Waals surface area (Å²) in [7, 11) is 0. The van der Waals surface area contributed by atoms with Crippen LogP contribution in [-0.4, -0.2) is 35.3 Å². The smallest absolute Gasteiger partial charge is 0.325 e. The summed E-state index contributed by atoms with van der Waals surface area (Å²) in [6.07, 6.45) is 6.42. The summed E-state index contributed by atoms with van der Waals surface area (Å²) < 4.78 is 0. The summed E-state index contributed by atoms with van der Waals surface area (Å²) in [6, 6.07) is 8.04. The van der Waals surface area contributed by atoms with Crippen LogP contribution in [0.2, 0.25) is 0 Å². The van der Waals surface area contributed by atoms with E-state index < -0.39 is 17.5 Å². The molecule has 7 heteroatoms. The maximum Gasteiger partial charge on any atom is 0.325 e. The van der Waals surface area contributed by atoms with Gasteiger partial charge in [-0.3, -0.25) is 14.5 Å². The first kappa shape index (κ1) is 18.9. The number of carbonyl (C=O) groups excluding carboxylic acids is 3. The van der Waals surface area contributed by atoms with Crippen LogP contribution in [0.1, 0.15) is 56.6 Å². The van der Waals surface area contributed by atoms with Crippen LogP contribution >= 0.6 is 0 Å². The first-order valence-electron chi connectivity index (χ1n) is 9.38. The molecular weight excluding hydrogens is 344 g/mol. The molecule has 0 radical (unpaired) electrons. The molecular formula is C20H24N4O3. The van der Waals surface area contributed by atoms with Gasteiger partial charge in [-0.05, 0) is 37.5 Å². The average molecular weight is 368 g/mol. The maximum absolute atomic E-state index is 12.9. The highest BCUT2D eigenvalue weighted by Crippen LogP contribution is 2.29. The number of benzene rings is 1. The Morgan fingerprint density at radius 3 is 2.44 bits per heavy atom. The van der Waals surface area contributed by atoms with Gasteiger partial charge < -0.3 is 10.6 Å². The third-order valence-corrected chi connectivity index (χ3v) is 5.39. The van der Waals surface area contributed by atoms with Gasteiger partial charge in [0.15, 0.2) is 0 Å². The summed E-state index contributed by atoms with van der Waals surface area (Å²) in [6.45, 7) is 1.32. The zero-order valence-corrected chi connectivity index (χ0v) is 15.5. The zero-order chi connectivity index (χ0) is 19.4. The van der Waals surface area contributed by atoms with E-state index in [2.05, 4.69) is 10.6 Å². The molecule has 0 spiro atoms. The van der Waals surface area contributed by atoms with E-state index >= 15 is 0 Å². The molecule has 1 unspecified atom stereocenters. The van der Waals surface area contributed by atoms with E-state index in [1.807, 2.05) is 6.07 Å². The minimum absolute atomic E-state index is 0.116. The number of nitrogens with one attached hydrogen (secondary N) is 2. The topological polar surface area (TPSA) is 102 Å². The van der Waals surface area contributed by atoms with Crippen molar-refractivity contribution < 1.29 is 14.4 Å². The third-order valence-electron chi connectivity index (χ3n) is 5.39. The van der Waals surface area contributed by atoms with E-state index in [4.69, 9.17) is 5.26 Å². The fourth-order valence-corrected chi connectivity index (χ4v) is 3.75. The molecule has 1 saturated heterocycles. The van der Waals surface area contributed by atoms with Crippen molar-refractivity contribution in [3.8, 4) is 6.07 Å². The molecule has 1 aromatic rings. The number of carbonyl (C=O) groups is 3. The molecule has 1 aromatic carbocycles. The van der Waals surface area contributed by atoms with Crippen LogP contribution in [0, 0.1) is 11.3 Å². The fourth-order valence-electron chi connectivity index (χ4n) is 3.75. The van der Waals surface area contributed by atoms with Crippen LogP contribution < -0.4 is 10.6 Å².